The van der Waals surface area contributed by atoms with Crippen LogP contribution in [0.5, 0.6) is 0 Å². The number of rotatable bonds is 11. The van der Waals surface area contributed by atoms with E-state index >= 15 is 0 Å². The maximum Gasteiger partial charge on any atom is 0.309 e. The molecule has 0 saturated heterocycles. The highest BCUT2D eigenvalue weighted by Crippen LogP contribution is 2.06. The van der Waals surface area contributed by atoms with Crippen molar-refractivity contribution in [2.75, 3.05) is 6.54 Å². The first-order valence-electron chi connectivity index (χ1n) is 11.8. The largest absolute Gasteiger partial charge is 0.348 e. The van der Waals surface area contributed by atoms with Crippen LogP contribution in [0.25, 0.3) is 6.08 Å². The average molecular weight is 479 g/mol. The number of aryl methyl sites for hydroxylation is 1. The van der Waals surface area contributed by atoms with E-state index in [-0.39, 0.29) is 25.7 Å². The van der Waals surface area contributed by atoms with Gasteiger partial charge in [0.2, 0.25) is 0 Å². The van der Waals surface area contributed by atoms with E-state index in [1.807, 2.05) is 55.5 Å². The molecule has 35 heavy (non-hydrogen) atoms. The lowest BCUT2D eigenvalue weighted by molar-refractivity contribution is -0.140. The van der Waals surface area contributed by atoms with Gasteiger partial charge in [-0.2, -0.15) is 0 Å². The molecule has 4 amide bonds. The number of hydrogen-bond donors (Lipinski definition) is 4. The van der Waals surface area contributed by atoms with Gasteiger partial charge in [0.25, 0.3) is 0 Å². The molecule has 0 heterocycles. The second-order valence-corrected chi connectivity index (χ2v) is 8.10. The molecule has 186 valence electrons. The molecule has 1 atom stereocenters. The minimum atomic E-state index is -0.749. The molecule has 8 nitrogen and oxygen atoms in total. The zero-order chi connectivity index (χ0) is 25.6. The van der Waals surface area contributed by atoms with Gasteiger partial charge >= 0.3 is 23.6 Å². The maximum absolute atomic E-state index is 12.2. The Morgan fingerprint density at radius 2 is 1.23 bits per heavy atom. The zero-order valence-electron chi connectivity index (χ0n) is 20.4. The molecular weight excluding hydrogens is 444 g/mol. The van der Waals surface area contributed by atoms with Crippen molar-refractivity contribution in [1.29, 1.82) is 0 Å². The molecule has 2 aromatic rings. The Kier molecular flexibility index (Phi) is 11.2. The van der Waals surface area contributed by atoms with Gasteiger partial charge in [0.15, 0.2) is 0 Å². The van der Waals surface area contributed by atoms with E-state index in [1.54, 1.807) is 6.08 Å². The summed E-state index contributed by atoms with van der Waals surface area (Å²) in [4.78, 5) is 48.4. The lowest BCUT2D eigenvalue weighted by atomic mass is 10.1. The summed E-state index contributed by atoms with van der Waals surface area (Å²) in [5, 5.41) is 10.4. The van der Waals surface area contributed by atoms with E-state index in [0.29, 0.717) is 12.8 Å². The molecule has 0 aromatic heterocycles. The van der Waals surface area contributed by atoms with Gasteiger partial charge < -0.3 is 21.3 Å². The minimum Gasteiger partial charge on any atom is -0.348 e. The highest BCUT2D eigenvalue weighted by molar-refractivity contribution is 6.35. The van der Waals surface area contributed by atoms with Gasteiger partial charge in [0.1, 0.15) is 0 Å². The number of carbonyl (C=O) groups excluding carboxylic acids is 4. The Labute approximate surface area is 206 Å². The van der Waals surface area contributed by atoms with Gasteiger partial charge in [-0.1, -0.05) is 75.0 Å². The van der Waals surface area contributed by atoms with Crippen LogP contribution in [0.3, 0.4) is 0 Å². The lowest BCUT2D eigenvalue weighted by Crippen LogP contribution is -2.46. The fraction of sp³-hybridized carbons (Fsp3) is 0.333. The third kappa shape index (κ3) is 9.44. The van der Waals surface area contributed by atoms with Gasteiger partial charge in [-0.05, 0) is 41.5 Å². The third-order valence-electron chi connectivity index (χ3n) is 5.57. The van der Waals surface area contributed by atoms with Crippen molar-refractivity contribution in [2.45, 2.75) is 52.2 Å². The Bertz CT molecular complexity index is 1020. The van der Waals surface area contributed by atoms with Gasteiger partial charge in [0, 0.05) is 25.7 Å². The van der Waals surface area contributed by atoms with E-state index in [9.17, 15) is 19.2 Å². The van der Waals surface area contributed by atoms with Crippen LogP contribution < -0.4 is 21.3 Å². The Morgan fingerprint density at radius 1 is 0.743 bits per heavy atom. The van der Waals surface area contributed by atoms with Gasteiger partial charge in [-0.25, -0.2) is 0 Å². The summed E-state index contributed by atoms with van der Waals surface area (Å²) in [6.07, 6.45) is 3.61. The van der Waals surface area contributed by atoms with Gasteiger partial charge in [-0.3, -0.25) is 19.2 Å². The van der Waals surface area contributed by atoms with Crippen molar-refractivity contribution in [3.05, 3.63) is 77.4 Å². The molecule has 0 spiro atoms. The van der Waals surface area contributed by atoms with Crippen LogP contribution in [0, 0.1) is 0 Å². The molecule has 1 unspecified atom stereocenters. The van der Waals surface area contributed by atoms with Crippen molar-refractivity contribution >= 4 is 29.7 Å². The molecule has 2 rings (SSSR count). The minimum absolute atomic E-state index is 0.185. The van der Waals surface area contributed by atoms with E-state index in [0.717, 1.165) is 23.1 Å². The van der Waals surface area contributed by atoms with E-state index in [2.05, 4.69) is 34.8 Å². The topological polar surface area (TPSA) is 116 Å². The Balaban J connectivity index is 1.68. The van der Waals surface area contributed by atoms with Crippen LogP contribution in [0.2, 0.25) is 0 Å². The second kappa shape index (κ2) is 14.3. The summed E-state index contributed by atoms with van der Waals surface area (Å²) < 4.78 is 0. The second-order valence-electron chi connectivity index (χ2n) is 8.10. The van der Waals surface area contributed by atoms with Gasteiger partial charge in [-0.15, -0.1) is 0 Å². The summed E-state index contributed by atoms with van der Waals surface area (Å²) in [5.74, 6) is -2.93. The summed E-state index contributed by atoms with van der Waals surface area (Å²) >= 11 is 0. The van der Waals surface area contributed by atoms with Crippen LogP contribution in [-0.4, -0.2) is 36.2 Å². The molecule has 0 bridgehead atoms. The van der Waals surface area contributed by atoms with Crippen LogP contribution in [-0.2, 0) is 38.7 Å². The molecular formula is C27H34N4O4. The first kappa shape index (κ1) is 27.3. The normalized spacial score (nSPS) is 11.1. The number of nitrogens with one attached hydrogen (secondary N) is 4. The number of benzene rings is 2. The highest BCUT2D eigenvalue weighted by Gasteiger charge is 2.18. The van der Waals surface area contributed by atoms with Crippen molar-refractivity contribution < 1.29 is 19.2 Å². The summed E-state index contributed by atoms with van der Waals surface area (Å²) in [7, 11) is 0. The van der Waals surface area contributed by atoms with E-state index in [4.69, 9.17) is 0 Å². The van der Waals surface area contributed by atoms with E-state index < -0.39 is 23.6 Å². The monoisotopic (exact) mass is 478 g/mol. The smallest absolute Gasteiger partial charge is 0.309 e. The lowest BCUT2D eigenvalue weighted by Gasteiger charge is -2.17. The first-order chi connectivity index (χ1) is 16.9. The van der Waals surface area contributed by atoms with Crippen molar-refractivity contribution in [1.82, 2.24) is 21.3 Å². The summed E-state index contributed by atoms with van der Waals surface area (Å²) in [6.45, 7) is 8.30. The van der Waals surface area contributed by atoms with Crippen molar-refractivity contribution in [2.24, 2.45) is 0 Å². The van der Waals surface area contributed by atoms with Crippen LogP contribution >= 0.6 is 0 Å². The maximum atomic E-state index is 12.2. The van der Waals surface area contributed by atoms with E-state index in [1.165, 1.54) is 5.56 Å². The van der Waals surface area contributed by atoms with Crippen LogP contribution in [0.15, 0.2) is 55.1 Å². The number of amides is 4. The fourth-order valence-electron chi connectivity index (χ4n) is 3.26. The molecule has 0 aliphatic heterocycles. The van der Waals surface area contributed by atoms with Crippen molar-refractivity contribution in [3.63, 3.8) is 0 Å². The molecule has 8 heteroatoms. The predicted octanol–water partition coefficient (Wildman–Crippen LogP) is 2.23. The molecule has 0 saturated carbocycles. The quantitative estimate of drug-likeness (QED) is 0.371. The number of hydrogen-bond acceptors (Lipinski definition) is 4. The highest BCUT2D eigenvalue weighted by atomic mass is 16.2. The molecule has 4 N–H and O–H groups in total. The number of carbonyl (C=O) groups is 4. The van der Waals surface area contributed by atoms with Crippen LogP contribution in [0.4, 0.5) is 0 Å². The average Bonchev–Trinajstić information content (AvgIpc) is 2.89. The standard InChI is InChI=1S/C27H34N4O4/c1-4-19-7-11-21(12-8-19)17-29-25(33)24(32)28-16-15-23(6-3)31-27(35)26(34)30-18-22-13-9-20(5-2)10-14-22/h4,7-14,23H,1,5-6,15-18H2,2-3H3,(H,28,32)(H,29,33)(H,30,34)(H,31,35). The van der Waals surface area contributed by atoms with Crippen molar-refractivity contribution in [3.8, 4) is 0 Å². The third-order valence-corrected chi connectivity index (χ3v) is 5.57. The van der Waals surface area contributed by atoms with Gasteiger partial charge in [0.05, 0.1) is 0 Å². The molecule has 2 aromatic carbocycles. The Morgan fingerprint density at radius 3 is 1.74 bits per heavy atom. The summed E-state index contributed by atoms with van der Waals surface area (Å²) in [5.41, 5.74) is 3.94. The molecule has 0 fully saturated rings. The Hall–Kier alpha value is -3.94. The SMILES string of the molecule is C=Cc1ccc(CNC(=O)C(=O)NCCC(CC)NC(=O)C(=O)NCc2ccc(CC)cc2)cc1. The summed E-state index contributed by atoms with van der Waals surface area (Å²) in [6, 6.07) is 14.9. The predicted molar refractivity (Wildman–Crippen MR) is 136 cm³/mol. The van der Waals surface area contributed by atoms with Crippen LogP contribution in [0.1, 0.15) is 48.9 Å². The first-order valence-corrected chi connectivity index (χ1v) is 11.8. The fourth-order valence-corrected chi connectivity index (χ4v) is 3.26. The molecule has 0 radical (unpaired) electrons. The zero-order valence-corrected chi connectivity index (χ0v) is 20.4. The molecule has 0 aliphatic rings. The molecule has 0 aliphatic carbocycles.